The van der Waals surface area contributed by atoms with Crippen molar-refractivity contribution in [3.63, 3.8) is 0 Å². The standard InChI is InChI=1S/HI.6H2O.Sr.2H/h1H;6*1H2;;;. The van der Waals surface area contributed by atoms with Crippen molar-refractivity contribution in [2.45, 2.75) is 0 Å². The van der Waals surface area contributed by atoms with E-state index in [4.69, 9.17) is 0 Å². The molecular formula is H15IO6Sr. The van der Waals surface area contributed by atoms with Crippen LogP contribution >= 0.6 is 24.0 Å². The van der Waals surface area contributed by atoms with E-state index in [1.165, 1.54) is 0 Å². The SMILES string of the molecule is I.O.O.O.O.O.O.[SrH2]. The molecule has 12 N–H and O–H groups in total. The van der Waals surface area contributed by atoms with Gasteiger partial charge in [0.1, 0.15) is 0 Å². The Kier molecular flexibility index (Phi) is 3790. The Labute approximate surface area is 101 Å². The zero-order chi connectivity index (χ0) is 0. The van der Waals surface area contributed by atoms with Gasteiger partial charge in [0.2, 0.25) is 0 Å². The summed E-state index contributed by atoms with van der Waals surface area (Å²) in [5, 5.41) is 0. The van der Waals surface area contributed by atoms with Gasteiger partial charge < -0.3 is 32.9 Å². The quantitative estimate of drug-likeness (QED) is 0.304. The molecule has 0 radical (unpaired) electrons. The van der Waals surface area contributed by atoms with Crippen molar-refractivity contribution in [3.8, 4) is 0 Å². The van der Waals surface area contributed by atoms with Crippen LogP contribution in [0.3, 0.4) is 0 Å². The van der Waals surface area contributed by atoms with Crippen LogP contribution in [0.4, 0.5) is 0 Å². The Hall–Kier alpha value is 1.97. The fourth-order valence-corrected chi connectivity index (χ4v) is 0. The molecule has 8 heteroatoms. The van der Waals surface area contributed by atoms with Crippen LogP contribution in [-0.4, -0.2) is 78.3 Å². The summed E-state index contributed by atoms with van der Waals surface area (Å²) in [4.78, 5) is 0. The Bertz CT molecular complexity index is 8.49. The molecule has 0 saturated heterocycles. The minimum absolute atomic E-state index is 0. The molecular weight excluding hydrogens is 311 g/mol. The molecule has 0 aliphatic heterocycles. The third-order valence-corrected chi connectivity index (χ3v) is 0. The first-order valence-corrected chi connectivity index (χ1v) is 0. The zero-order valence-corrected chi connectivity index (χ0v) is 5.74. The molecule has 60 valence electrons. The maximum absolute atomic E-state index is 0. The zero-order valence-electron chi connectivity index (χ0n) is 3.41. The third kappa shape index (κ3) is 99.7. The van der Waals surface area contributed by atoms with Crippen molar-refractivity contribution < 1.29 is 32.9 Å². The molecule has 0 fully saturated rings. The van der Waals surface area contributed by atoms with E-state index in [1.807, 2.05) is 0 Å². The van der Waals surface area contributed by atoms with Gasteiger partial charge >= 0.3 is 45.5 Å². The Morgan fingerprint density at radius 1 is 0.375 bits per heavy atom. The van der Waals surface area contributed by atoms with E-state index in [0.717, 1.165) is 0 Å². The number of hydrogen-bond donors (Lipinski definition) is 0. The summed E-state index contributed by atoms with van der Waals surface area (Å²) in [6.07, 6.45) is 0. The van der Waals surface area contributed by atoms with Crippen LogP contribution in [0.1, 0.15) is 0 Å². The Morgan fingerprint density at radius 2 is 0.375 bits per heavy atom. The van der Waals surface area contributed by atoms with Gasteiger partial charge in [-0.3, -0.25) is 0 Å². The molecule has 0 aliphatic carbocycles. The van der Waals surface area contributed by atoms with E-state index in [0.29, 0.717) is 0 Å². The molecule has 0 aromatic heterocycles. The van der Waals surface area contributed by atoms with Crippen molar-refractivity contribution in [2.24, 2.45) is 0 Å². The molecule has 0 saturated carbocycles. The molecule has 0 aliphatic rings. The van der Waals surface area contributed by atoms with Crippen LogP contribution in [0.15, 0.2) is 0 Å². The van der Waals surface area contributed by atoms with Gasteiger partial charge in [-0.05, 0) is 0 Å². The van der Waals surface area contributed by atoms with Gasteiger partial charge in [-0.2, -0.15) is 0 Å². The van der Waals surface area contributed by atoms with Crippen molar-refractivity contribution in [2.75, 3.05) is 0 Å². The summed E-state index contributed by atoms with van der Waals surface area (Å²) >= 11 is 0. The Morgan fingerprint density at radius 3 is 0.375 bits per heavy atom. The fraction of sp³-hybridized carbons (Fsp3) is 0. The second kappa shape index (κ2) is 147. The van der Waals surface area contributed by atoms with Crippen LogP contribution in [0.5, 0.6) is 0 Å². The first-order chi connectivity index (χ1) is 0. The molecule has 0 heterocycles. The van der Waals surface area contributed by atoms with Gasteiger partial charge in [-0.15, -0.1) is 24.0 Å². The number of rotatable bonds is 0. The second-order valence-electron chi connectivity index (χ2n) is 0. The molecule has 0 spiro atoms. The summed E-state index contributed by atoms with van der Waals surface area (Å²) in [5.41, 5.74) is 0. The summed E-state index contributed by atoms with van der Waals surface area (Å²) in [5.74, 6) is 0. The first kappa shape index (κ1) is 207. The second-order valence-corrected chi connectivity index (χ2v) is 0. The van der Waals surface area contributed by atoms with E-state index >= 15 is 0 Å². The third-order valence-electron chi connectivity index (χ3n) is 0. The summed E-state index contributed by atoms with van der Waals surface area (Å²) in [7, 11) is 0. The van der Waals surface area contributed by atoms with Crippen molar-refractivity contribution >= 4 is 69.5 Å². The minimum atomic E-state index is 0. The molecule has 0 unspecified atom stereocenters. The Balaban J connectivity index is 0. The van der Waals surface area contributed by atoms with Crippen molar-refractivity contribution in [1.29, 1.82) is 0 Å². The fourth-order valence-electron chi connectivity index (χ4n) is 0. The van der Waals surface area contributed by atoms with Crippen LogP contribution in [0.2, 0.25) is 0 Å². The molecule has 0 aromatic carbocycles. The number of halogens is 1. The van der Waals surface area contributed by atoms with Crippen LogP contribution in [0, 0.1) is 0 Å². The molecule has 8 heavy (non-hydrogen) atoms. The average molecular weight is 326 g/mol. The van der Waals surface area contributed by atoms with Gasteiger partial charge in [0.05, 0.1) is 0 Å². The molecule has 6 nitrogen and oxygen atoms in total. The van der Waals surface area contributed by atoms with E-state index in [9.17, 15) is 0 Å². The van der Waals surface area contributed by atoms with Crippen molar-refractivity contribution in [1.82, 2.24) is 0 Å². The average Bonchev–Trinajstić information content (AvgIpc) is 0. The van der Waals surface area contributed by atoms with Crippen LogP contribution < -0.4 is 0 Å². The summed E-state index contributed by atoms with van der Waals surface area (Å²) in [6, 6.07) is 0. The van der Waals surface area contributed by atoms with E-state index in [2.05, 4.69) is 0 Å². The first-order valence-electron chi connectivity index (χ1n) is 0. The van der Waals surface area contributed by atoms with Crippen molar-refractivity contribution in [3.05, 3.63) is 0 Å². The van der Waals surface area contributed by atoms with Crippen LogP contribution in [0.25, 0.3) is 0 Å². The number of hydrogen-bond acceptors (Lipinski definition) is 0. The van der Waals surface area contributed by atoms with E-state index in [-0.39, 0.29) is 102 Å². The normalized spacial score (nSPS) is 0. The summed E-state index contributed by atoms with van der Waals surface area (Å²) in [6.45, 7) is 0. The predicted molar refractivity (Wildman–Crippen MR) is 45.6 cm³/mol. The molecule has 0 atom stereocenters. The van der Waals surface area contributed by atoms with Gasteiger partial charge in [0, 0.05) is 0 Å². The molecule has 0 amide bonds. The van der Waals surface area contributed by atoms with Gasteiger partial charge in [-0.25, -0.2) is 0 Å². The monoisotopic (exact) mass is 326 g/mol. The molecule has 0 aromatic rings. The van der Waals surface area contributed by atoms with Gasteiger partial charge in [-0.1, -0.05) is 0 Å². The predicted octanol–water partition coefficient (Wildman–Crippen LogP) is -5.25. The van der Waals surface area contributed by atoms with E-state index < -0.39 is 0 Å². The van der Waals surface area contributed by atoms with Crippen LogP contribution in [-0.2, 0) is 0 Å². The molecule has 0 rings (SSSR count). The van der Waals surface area contributed by atoms with Gasteiger partial charge in [0.25, 0.3) is 0 Å². The van der Waals surface area contributed by atoms with Gasteiger partial charge in [0.15, 0.2) is 0 Å². The van der Waals surface area contributed by atoms with E-state index in [1.54, 1.807) is 0 Å². The maximum atomic E-state index is 0. The summed E-state index contributed by atoms with van der Waals surface area (Å²) < 4.78 is 0. The molecule has 0 bridgehead atoms. The topological polar surface area (TPSA) is 189 Å².